The molecule has 146 valence electrons. The van der Waals surface area contributed by atoms with Crippen LogP contribution in [0.5, 0.6) is 0 Å². The van der Waals surface area contributed by atoms with Crippen LogP contribution in [0.3, 0.4) is 0 Å². The van der Waals surface area contributed by atoms with E-state index in [2.05, 4.69) is 29.2 Å². The number of nitrogens with zero attached hydrogens (tertiary/aromatic N) is 3. The maximum Gasteiger partial charge on any atom is 0.341 e. The zero-order valence-electron chi connectivity index (χ0n) is 16.1. The molecule has 0 saturated heterocycles. The largest absolute Gasteiger partial charge is 0.341 e. The van der Waals surface area contributed by atoms with Crippen molar-refractivity contribution in [2.75, 3.05) is 13.1 Å². The third kappa shape index (κ3) is 4.18. The van der Waals surface area contributed by atoms with Gasteiger partial charge in [-0.25, -0.2) is 13.3 Å². The van der Waals surface area contributed by atoms with E-state index in [1.807, 2.05) is 31.2 Å². The molecule has 2 heterocycles. The van der Waals surface area contributed by atoms with Crippen LogP contribution in [0.1, 0.15) is 28.7 Å². The van der Waals surface area contributed by atoms with Crippen LogP contribution in [0.15, 0.2) is 58.1 Å². The quantitative estimate of drug-likeness (QED) is 0.645. The topological polar surface area (TPSA) is 47.2 Å². The first-order valence-electron chi connectivity index (χ1n) is 9.76. The lowest BCUT2D eigenvalue weighted by Crippen LogP contribution is -2.33. The summed E-state index contributed by atoms with van der Waals surface area (Å²) in [6.45, 7) is 5.91. The van der Waals surface area contributed by atoms with Gasteiger partial charge in [0.1, 0.15) is 0 Å². The van der Waals surface area contributed by atoms with Gasteiger partial charge in [-0.3, -0.25) is 9.69 Å². The maximum absolute atomic E-state index is 12.6. The number of aromatic nitrogens is 2. The van der Waals surface area contributed by atoms with Crippen molar-refractivity contribution in [3.05, 3.63) is 90.9 Å². The van der Waals surface area contributed by atoms with Crippen molar-refractivity contribution in [2.24, 2.45) is 0 Å². The van der Waals surface area contributed by atoms with E-state index in [4.69, 9.17) is 0 Å². The molecule has 4 rings (SSSR count). The number of benzene rings is 2. The summed E-state index contributed by atoms with van der Waals surface area (Å²) >= 11 is 1.03. The van der Waals surface area contributed by atoms with Gasteiger partial charge in [-0.1, -0.05) is 54.1 Å². The van der Waals surface area contributed by atoms with Crippen LogP contribution < -0.4 is 10.6 Å². The predicted octanol–water partition coefficient (Wildman–Crippen LogP) is 2.88. The molecule has 0 aliphatic carbocycles. The molecule has 3 aromatic rings. The molecule has 0 unspecified atom stereocenters. The summed E-state index contributed by atoms with van der Waals surface area (Å²) < 4.78 is 2.95. The highest BCUT2D eigenvalue weighted by Crippen LogP contribution is 2.18. The molecule has 0 bridgehead atoms. The van der Waals surface area contributed by atoms with Gasteiger partial charge in [0.2, 0.25) is 0 Å². The molecule has 1 aliphatic rings. The SMILES string of the molecule is Cc1ccc(Cn2c(=O)sn(CCCN3CCc4ccccc4C3)c2=O)cc1. The van der Waals surface area contributed by atoms with Crippen LogP contribution in [0, 0.1) is 6.92 Å². The Hall–Kier alpha value is -2.44. The van der Waals surface area contributed by atoms with Crippen molar-refractivity contribution in [1.29, 1.82) is 0 Å². The van der Waals surface area contributed by atoms with Gasteiger partial charge in [0.05, 0.1) is 6.54 Å². The fraction of sp³-hybridized carbons (Fsp3) is 0.364. The van der Waals surface area contributed by atoms with Gasteiger partial charge >= 0.3 is 10.6 Å². The molecule has 0 spiro atoms. The van der Waals surface area contributed by atoms with E-state index in [9.17, 15) is 9.59 Å². The third-order valence-corrected chi connectivity index (χ3v) is 6.30. The first-order chi connectivity index (χ1) is 13.6. The minimum Gasteiger partial charge on any atom is -0.299 e. The Morgan fingerprint density at radius 2 is 1.71 bits per heavy atom. The first kappa shape index (κ1) is 18.9. The lowest BCUT2D eigenvalue weighted by molar-refractivity contribution is 0.247. The Morgan fingerprint density at radius 3 is 2.50 bits per heavy atom. The molecule has 6 heteroatoms. The normalized spacial score (nSPS) is 14.2. The van der Waals surface area contributed by atoms with Gasteiger partial charge in [-0.2, -0.15) is 0 Å². The summed E-state index contributed by atoms with van der Waals surface area (Å²) in [5, 5.41) is 0. The Labute approximate surface area is 168 Å². The minimum atomic E-state index is -0.195. The second kappa shape index (κ2) is 8.29. The second-order valence-corrected chi connectivity index (χ2v) is 8.43. The van der Waals surface area contributed by atoms with Gasteiger partial charge in [0, 0.05) is 37.7 Å². The summed E-state index contributed by atoms with van der Waals surface area (Å²) in [6, 6.07) is 16.5. The van der Waals surface area contributed by atoms with E-state index >= 15 is 0 Å². The van der Waals surface area contributed by atoms with E-state index in [1.165, 1.54) is 21.3 Å². The Morgan fingerprint density at radius 1 is 0.964 bits per heavy atom. The maximum atomic E-state index is 12.6. The van der Waals surface area contributed by atoms with E-state index in [1.54, 1.807) is 3.96 Å². The van der Waals surface area contributed by atoms with Crippen LogP contribution in [0.25, 0.3) is 0 Å². The predicted molar refractivity (Wildman–Crippen MR) is 113 cm³/mol. The summed E-state index contributed by atoms with van der Waals surface area (Å²) in [4.78, 5) is 27.2. The Kier molecular flexibility index (Phi) is 5.59. The van der Waals surface area contributed by atoms with Crippen LogP contribution in [-0.4, -0.2) is 26.5 Å². The van der Waals surface area contributed by atoms with Crippen molar-refractivity contribution in [2.45, 2.75) is 39.4 Å². The van der Waals surface area contributed by atoms with Gasteiger partial charge in [-0.15, -0.1) is 0 Å². The summed E-state index contributed by atoms with van der Waals surface area (Å²) in [7, 11) is 0. The highest BCUT2D eigenvalue weighted by molar-refractivity contribution is 7.03. The summed E-state index contributed by atoms with van der Waals surface area (Å²) in [5.74, 6) is 0. The monoisotopic (exact) mass is 395 g/mol. The molecular weight excluding hydrogens is 370 g/mol. The van der Waals surface area contributed by atoms with E-state index in [0.717, 1.165) is 49.6 Å². The van der Waals surface area contributed by atoms with E-state index in [-0.39, 0.29) is 10.6 Å². The molecule has 0 amide bonds. The first-order valence-corrected chi connectivity index (χ1v) is 10.5. The molecule has 0 radical (unpaired) electrons. The Bertz CT molecular complexity index is 1060. The number of rotatable bonds is 6. The molecule has 0 saturated carbocycles. The summed E-state index contributed by atoms with van der Waals surface area (Å²) in [5.41, 5.74) is 4.79. The summed E-state index contributed by atoms with van der Waals surface area (Å²) in [6.07, 6.45) is 1.95. The molecule has 0 atom stereocenters. The van der Waals surface area contributed by atoms with Crippen LogP contribution in [0.2, 0.25) is 0 Å². The van der Waals surface area contributed by atoms with Gasteiger partial charge < -0.3 is 0 Å². The second-order valence-electron chi connectivity index (χ2n) is 7.46. The number of hydrogen-bond acceptors (Lipinski definition) is 4. The molecule has 5 nitrogen and oxygen atoms in total. The fourth-order valence-corrected chi connectivity index (χ4v) is 4.55. The molecule has 0 N–H and O–H groups in total. The van der Waals surface area contributed by atoms with Gasteiger partial charge in [0.25, 0.3) is 0 Å². The van der Waals surface area contributed by atoms with E-state index in [0.29, 0.717) is 13.1 Å². The molecule has 1 aliphatic heterocycles. The minimum absolute atomic E-state index is 0.183. The van der Waals surface area contributed by atoms with Gasteiger partial charge in [-0.05, 0) is 36.5 Å². The third-order valence-electron chi connectivity index (χ3n) is 5.36. The number of hydrogen-bond donors (Lipinski definition) is 0. The van der Waals surface area contributed by atoms with Crippen LogP contribution in [-0.2, 0) is 26.1 Å². The number of fused-ring (bicyclic) bond motifs is 1. The molecule has 2 aromatic carbocycles. The standard InChI is InChI=1S/C22H25N3O2S/c1-17-7-9-18(10-8-17)15-24-21(26)25(28-22(24)27)13-4-12-23-14-11-19-5-2-3-6-20(19)16-23/h2-3,5-10H,4,11-16H2,1H3. The lowest BCUT2D eigenvalue weighted by atomic mass is 10.00. The van der Waals surface area contributed by atoms with Crippen LogP contribution >= 0.6 is 11.5 Å². The van der Waals surface area contributed by atoms with Crippen molar-refractivity contribution in [3.63, 3.8) is 0 Å². The fourth-order valence-electron chi connectivity index (χ4n) is 3.73. The highest BCUT2D eigenvalue weighted by atomic mass is 32.1. The lowest BCUT2D eigenvalue weighted by Gasteiger charge is -2.28. The van der Waals surface area contributed by atoms with Crippen molar-refractivity contribution in [1.82, 2.24) is 13.4 Å². The molecule has 28 heavy (non-hydrogen) atoms. The van der Waals surface area contributed by atoms with Gasteiger partial charge in [0.15, 0.2) is 0 Å². The zero-order chi connectivity index (χ0) is 19.5. The average molecular weight is 396 g/mol. The molecule has 1 aromatic heterocycles. The highest BCUT2D eigenvalue weighted by Gasteiger charge is 2.16. The van der Waals surface area contributed by atoms with Crippen molar-refractivity contribution < 1.29 is 0 Å². The smallest absolute Gasteiger partial charge is 0.299 e. The van der Waals surface area contributed by atoms with Crippen molar-refractivity contribution >= 4 is 11.5 Å². The zero-order valence-corrected chi connectivity index (χ0v) is 17.0. The van der Waals surface area contributed by atoms with Crippen molar-refractivity contribution in [3.8, 4) is 0 Å². The molecule has 0 fully saturated rings. The average Bonchev–Trinajstić information content (AvgIpc) is 2.97. The number of aryl methyl sites for hydroxylation is 2. The van der Waals surface area contributed by atoms with Crippen LogP contribution in [0.4, 0.5) is 0 Å². The Balaban J connectivity index is 1.36. The molecular formula is C22H25N3O2S. The van der Waals surface area contributed by atoms with E-state index < -0.39 is 0 Å².